The molecule has 0 spiro atoms. The van der Waals surface area contributed by atoms with Crippen molar-refractivity contribution in [2.75, 3.05) is 20.2 Å². The van der Waals surface area contributed by atoms with Crippen LogP contribution in [0.25, 0.3) is 0 Å². The van der Waals surface area contributed by atoms with Gasteiger partial charge in [0.2, 0.25) is 0 Å². The van der Waals surface area contributed by atoms with Gasteiger partial charge in [0.25, 0.3) is 5.91 Å². The largest absolute Gasteiger partial charge is 0.384 e. The molecule has 96 valence electrons. The number of aliphatic hydroxyl groups excluding tert-OH is 1. The van der Waals surface area contributed by atoms with Gasteiger partial charge in [-0.1, -0.05) is 31.8 Å². The molecule has 0 radical (unpaired) electrons. The summed E-state index contributed by atoms with van der Waals surface area (Å²) in [6.07, 6.45) is 0. The van der Waals surface area contributed by atoms with Gasteiger partial charge >= 0.3 is 0 Å². The number of amides is 1. The molecule has 1 aromatic carbocycles. The molecule has 0 saturated carbocycles. The molecule has 0 unspecified atom stereocenters. The van der Waals surface area contributed by atoms with Crippen LogP contribution in [0.3, 0.4) is 0 Å². The van der Waals surface area contributed by atoms with Gasteiger partial charge in [0.15, 0.2) is 0 Å². The van der Waals surface area contributed by atoms with Crippen molar-refractivity contribution >= 4 is 5.91 Å². The Labute approximate surface area is 108 Å². The second-order valence-electron chi connectivity index (χ2n) is 4.62. The summed E-state index contributed by atoms with van der Waals surface area (Å²) in [6.45, 7) is 4.71. The van der Waals surface area contributed by atoms with Gasteiger partial charge in [-0.15, -0.1) is 0 Å². The molecule has 3 heteroatoms. The lowest BCUT2D eigenvalue weighted by Gasteiger charge is -2.19. The molecule has 0 aliphatic carbocycles. The van der Waals surface area contributed by atoms with Crippen LogP contribution in [-0.2, 0) is 0 Å². The first kappa shape index (κ1) is 14.3. The van der Waals surface area contributed by atoms with Crippen LogP contribution in [0.1, 0.15) is 29.8 Å². The van der Waals surface area contributed by atoms with Gasteiger partial charge in [-0.25, -0.2) is 0 Å². The number of rotatable bonds is 3. The zero-order valence-electron chi connectivity index (χ0n) is 11.1. The molecule has 1 rings (SSSR count). The van der Waals surface area contributed by atoms with Crippen LogP contribution in [0.15, 0.2) is 24.3 Å². The van der Waals surface area contributed by atoms with Crippen molar-refractivity contribution in [2.45, 2.75) is 13.8 Å². The van der Waals surface area contributed by atoms with Gasteiger partial charge in [-0.2, -0.15) is 0 Å². The van der Waals surface area contributed by atoms with Crippen molar-refractivity contribution < 1.29 is 9.90 Å². The molecular weight excluding hydrogens is 226 g/mol. The molecule has 1 amide bonds. The number of hydrogen-bond acceptors (Lipinski definition) is 2. The fraction of sp³-hybridized carbons (Fsp3) is 0.400. The molecule has 3 nitrogen and oxygen atoms in total. The number of carbonyl (C=O) groups is 1. The first-order chi connectivity index (χ1) is 8.54. The Morgan fingerprint density at radius 2 is 2.17 bits per heavy atom. The molecule has 1 aromatic rings. The lowest BCUT2D eigenvalue weighted by atomic mass is 10.1. The first-order valence-corrected chi connectivity index (χ1v) is 6.00. The van der Waals surface area contributed by atoms with Crippen LogP contribution in [0.2, 0.25) is 0 Å². The van der Waals surface area contributed by atoms with E-state index in [2.05, 4.69) is 25.7 Å². The average Bonchev–Trinajstić information content (AvgIpc) is 2.35. The molecule has 0 aliphatic rings. The van der Waals surface area contributed by atoms with Crippen molar-refractivity contribution in [2.24, 2.45) is 5.92 Å². The maximum absolute atomic E-state index is 12.1. The molecule has 0 saturated heterocycles. The summed E-state index contributed by atoms with van der Waals surface area (Å²) in [5.74, 6) is 5.81. The summed E-state index contributed by atoms with van der Waals surface area (Å²) < 4.78 is 0. The average molecular weight is 245 g/mol. The Hall–Kier alpha value is -1.79. The highest BCUT2D eigenvalue weighted by atomic mass is 16.2. The van der Waals surface area contributed by atoms with E-state index >= 15 is 0 Å². The fourth-order valence-corrected chi connectivity index (χ4v) is 1.72. The second-order valence-corrected chi connectivity index (χ2v) is 4.62. The molecular formula is C15H19NO2. The number of nitrogens with zero attached hydrogens (tertiary/aromatic N) is 1. The van der Waals surface area contributed by atoms with Crippen LogP contribution >= 0.6 is 0 Å². The minimum Gasteiger partial charge on any atom is -0.384 e. The summed E-state index contributed by atoms with van der Waals surface area (Å²) in [7, 11) is 1.80. The van der Waals surface area contributed by atoms with E-state index in [4.69, 9.17) is 5.11 Å². The summed E-state index contributed by atoms with van der Waals surface area (Å²) in [4.78, 5) is 13.8. The lowest BCUT2D eigenvalue weighted by molar-refractivity contribution is 0.0779. The van der Waals surface area contributed by atoms with E-state index in [0.29, 0.717) is 11.5 Å². The van der Waals surface area contributed by atoms with Gasteiger partial charge in [0, 0.05) is 24.7 Å². The van der Waals surface area contributed by atoms with Crippen molar-refractivity contribution in [3.63, 3.8) is 0 Å². The van der Waals surface area contributed by atoms with Crippen LogP contribution in [-0.4, -0.2) is 36.1 Å². The van der Waals surface area contributed by atoms with Gasteiger partial charge < -0.3 is 10.0 Å². The molecule has 0 aliphatic heterocycles. The van der Waals surface area contributed by atoms with Crippen molar-refractivity contribution in [3.8, 4) is 11.8 Å². The zero-order chi connectivity index (χ0) is 13.5. The fourth-order valence-electron chi connectivity index (χ4n) is 1.72. The topological polar surface area (TPSA) is 40.5 Å². The van der Waals surface area contributed by atoms with E-state index in [0.717, 1.165) is 12.1 Å². The van der Waals surface area contributed by atoms with E-state index in [-0.39, 0.29) is 12.5 Å². The Morgan fingerprint density at radius 3 is 2.78 bits per heavy atom. The molecule has 0 fully saturated rings. The summed E-state index contributed by atoms with van der Waals surface area (Å²) >= 11 is 0. The molecule has 18 heavy (non-hydrogen) atoms. The highest BCUT2D eigenvalue weighted by Gasteiger charge is 2.12. The van der Waals surface area contributed by atoms with Crippen LogP contribution in [0.4, 0.5) is 0 Å². The molecule has 0 bridgehead atoms. The third-order valence-corrected chi connectivity index (χ3v) is 2.41. The van der Waals surface area contributed by atoms with Gasteiger partial charge in [0.1, 0.15) is 6.61 Å². The van der Waals surface area contributed by atoms with E-state index in [1.165, 1.54) is 0 Å². The molecule has 0 aromatic heterocycles. The predicted octanol–water partition coefficient (Wildman–Crippen LogP) is 1.76. The monoisotopic (exact) mass is 245 g/mol. The standard InChI is InChI=1S/C15H19NO2/c1-12(2)11-16(3)15(18)14-8-4-6-13(10-14)7-5-9-17/h4,6,8,10,12,17H,9,11H2,1-3H3. The normalized spacial score (nSPS) is 9.83. The lowest BCUT2D eigenvalue weighted by Crippen LogP contribution is -2.30. The Morgan fingerprint density at radius 1 is 1.44 bits per heavy atom. The molecule has 0 heterocycles. The molecule has 0 atom stereocenters. The predicted molar refractivity (Wildman–Crippen MR) is 72.2 cm³/mol. The van der Waals surface area contributed by atoms with E-state index < -0.39 is 0 Å². The van der Waals surface area contributed by atoms with E-state index in [1.54, 1.807) is 30.1 Å². The minimum absolute atomic E-state index is 0.00338. The van der Waals surface area contributed by atoms with Crippen molar-refractivity contribution in [1.82, 2.24) is 4.90 Å². The summed E-state index contributed by atoms with van der Waals surface area (Å²) in [5, 5.41) is 8.64. The maximum Gasteiger partial charge on any atom is 0.253 e. The number of carbonyl (C=O) groups excluding carboxylic acids is 1. The highest BCUT2D eigenvalue weighted by Crippen LogP contribution is 2.08. The Balaban J connectivity index is 2.86. The third-order valence-electron chi connectivity index (χ3n) is 2.41. The zero-order valence-corrected chi connectivity index (χ0v) is 11.1. The van der Waals surface area contributed by atoms with Crippen molar-refractivity contribution in [1.29, 1.82) is 0 Å². The van der Waals surface area contributed by atoms with E-state index in [9.17, 15) is 4.79 Å². The minimum atomic E-state index is -0.175. The quantitative estimate of drug-likeness (QED) is 0.824. The summed E-state index contributed by atoms with van der Waals surface area (Å²) in [5.41, 5.74) is 1.37. The van der Waals surface area contributed by atoms with Crippen LogP contribution in [0, 0.1) is 17.8 Å². The van der Waals surface area contributed by atoms with E-state index in [1.807, 2.05) is 6.07 Å². The highest BCUT2D eigenvalue weighted by molar-refractivity contribution is 5.94. The first-order valence-electron chi connectivity index (χ1n) is 6.00. The number of hydrogen-bond donors (Lipinski definition) is 1. The third kappa shape index (κ3) is 4.23. The second kappa shape index (κ2) is 6.83. The van der Waals surface area contributed by atoms with Gasteiger partial charge in [-0.05, 0) is 24.1 Å². The van der Waals surface area contributed by atoms with Gasteiger partial charge in [-0.3, -0.25) is 4.79 Å². The summed E-state index contributed by atoms with van der Waals surface area (Å²) in [6, 6.07) is 7.16. The molecule has 1 N–H and O–H groups in total. The van der Waals surface area contributed by atoms with Crippen LogP contribution in [0.5, 0.6) is 0 Å². The maximum atomic E-state index is 12.1. The van der Waals surface area contributed by atoms with Crippen molar-refractivity contribution in [3.05, 3.63) is 35.4 Å². The Bertz CT molecular complexity index is 469. The SMILES string of the molecule is CC(C)CN(C)C(=O)c1cccc(C#CCO)c1. The van der Waals surface area contributed by atoms with Gasteiger partial charge in [0.05, 0.1) is 0 Å². The number of aliphatic hydroxyl groups is 1. The van der Waals surface area contributed by atoms with Crippen LogP contribution < -0.4 is 0 Å². The smallest absolute Gasteiger partial charge is 0.253 e. The Kier molecular flexibility index (Phi) is 5.41. The number of benzene rings is 1.